The number of nitrogens with zero attached hydrogens (tertiary/aromatic N) is 2. The van der Waals surface area contributed by atoms with Crippen molar-refractivity contribution in [2.75, 3.05) is 0 Å². The number of rotatable bonds is 2. The lowest BCUT2D eigenvalue weighted by atomic mass is 9.97. The zero-order valence-electron chi connectivity index (χ0n) is 11.4. The maximum absolute atomic E-state index is 14.1. The Hall–Kier alpha value is -1.89. The van der Waals surface area contributed by atoms with Crippen LogP contribution in [0.25, 0.3) is 11.1 Å². The fourth-order valence-corrected chi connectivity index (χ4v) is 2.71. The molecule has 1 aromatic carbocycles. The largest absolute Gasteiger partial charge is 0.385 e. The van der Waals surface area contributed by atoms with Gasteiger partial charge >= 0.3 is 0 Å². The molecule has 2 heterocycles. The van der Waals surface area contributed by atoms with Crippen LogP contribution < -0.4 is 0 Å². The van der Waals surface area contributed by atoms with Crippen LogP contribution in [0.5, 0.6) is 0 Å². The van der Waals surface area contributed by atoms with Crippen molar-refractivity contribution >= 4 is 20.6 Å². The molecule has 7 heteroatoms. The van der Waals surface area contributed by atoms with E-state index in [9.17, 15) is 13.2 Å². The second kappa shape index (κ2) is 5.72. The predicted molar refractivity (Wildman–Crippen MR) is 79.1 cm³/mol. The summed E-state index contributed by atoms with van der Waals surface area (Å²) in [6.45, 7) is 1.75. The average molecular weight is 371 g/mol. The third-order valence-corrected chi connectivity index (χ3v) is 3.74. The van der Waals surface area contributed by atoms with E-state index in [1.807, 2.05) is 0 Å². The first-order valence-corrected chi connectivity index (χ1v) is 7.24. The molecule has 0 aliphatic carbocycles. The molecule has 114 valence electrons. The first-order chi connectivity index (χ1) is 10.5. The molecule has 0 spiro atoms. The van der Waals surface area contributed by atoms with Crippen LogP contribution >= 0.6 is 15.9 Å². The molecule has 1 aliphatic rings. The lowest BCUT2D eigenvalue weighted by Crippen LogP contribution is -2.05. The monoisotopic (exact) mass is 370 g/mol. The Morgan fingerprint density at radius 3 is 2.45 bits per heavy atom. The highest BCUT2D eigenvalue weighted by Crippen LogP contribution is 2.37. The Kier molecular flexibility index (Phi) is 3.90. The Balaban J connectivity index is 2.17. The summed E-state index contributed by atoms with van der Waals surface area (Å²) >= 11 is 3.21. The summed E-state index contributed by atoms with van der Waals surface area (Å²) in [6, 6.07) is 2.89. The topological polar surface area (TPSA) is 34.5 Å². The number of hydrogen-bond donors (Lipinski definition) is 0. The lowest BCUT2D eigenvalue weighted by Gasteiger charge is -2.15. The molecule has 0 N–H and O–H groups in total. The second-order valence-electron chi connectivity index (χ2n) is 4.96. The lowest BCUT2D eigenvalue weighted by molar-refractivity contribution is 0.0830. The maximum Gasteiger partial charge on any atom is 0.176 e. The van der Waals surface area contributed by atoms with E-state index in [0.29, 0.717) is 28.9 Å². The third-order valence-electron chi connectivity index (χ3n) is 3.27. The number of halogens is 4. The van der Waals surface area contributed by atoms with E-state index < -0.39 is 23.6 Å². The van der Waals surface area contributed by atoms with Gasteiger partial charge in [-0.2, -0.15) is 0 Å². The zero-order valence-corrected chi connectivity index (χ0v) is 13.0. The molecule has 0 radical (unpaired) electrons. The zero-order chi connectivity index (χ0) is 15.9. The smallest absolute Gasteiger partial charge is 0.176 e. The van der Waals surface area contributed by atoms with Gasteiger partial charge in [-0.3, -0.25) is 4.98 Å². The van der Waals surface area contributed by atoms with Gasteiger partial charge in [0.2, 0.25) is 0 Å². The Morgan fingerprint density at radius 1 is 1.18 bits per heavy atom. The minimum Gasteiger partial charge on any atom is -0.385 e. The summed E-state index contributed by atoms with van der Waals surface area (Å²) in [5, 5.41) is 3.76. The van der Waals surface area contributed by atoms with Crippen molar-refractivity contribution in [3.05, 3.63) is 53.1 Å². The number of aromatic nitrogens is 1. The van der Waals surface area contributed by atoms with Gasteiger partial charge in [-0.1, -0.05) is 5.16 Å². The summed E-state index contributed by atoms with van der Waals surface area (Å²) < 4.78 is 41.9. The summed E-state index contributed by atoms with van der Waals surface area (Å²) in [4.78, 5) is 9.45. The number of benzene rings is 1. The molecule has 1 aromatic heterocycles. The Morgan fingerprint density at radius 2 is 1.86 bits per heavy atom. The fourth-order valence-electron chi connectivity index (χ4n) is 2.33. The van der Waals surface area contributed by atoms with Gasteiger partial charge in [-0.15, -0.1) is 0 Å². The van der Waals surface area contributed by atoms with E-state index in [1.165, 1.54) is 0 Å². The van der Waals surface area contributed by atoms with Crippen LogP contribution in [-0.2, 0) is 4.84 Å². The average Bonchev–Trinajstić information content (AvgIpc) is 2.84. The molecule has 3 nitrogen and oxygen atoms in total. The second-order valence-corrected chi connectivity index (χ2v) is 5.87. The predicted octanol–water partition coefficient (Wildman–Crippen LogP) is 4.64. The summed E-state index contributed by atoms with van der Waals surface area (Å²) in [5.41, 5.74) is 0.990. The Bertz CT molecular complexity index is 756. The molecule has 0 fully saturated rings. The Labute approximate surface area is 132 Å². The van der Waals surface area contributed by atoms with Crippen molar-refractivity contribution in [3.8, 4) is 11.1 Å². The molecule has 22 heavy (non-hydrogen) atoms. The normalized spacial score (nSPS) is 17.3. The molecule has 1 atom stereocenters. The van der Waals surface area contributed by atoms with E-state index in [1.54, 1.807) is 19.2 Å². The highest BCUT2D eigenvalue weighted by atomic mass is 79.9. The van der Waals surface area contributed by atoms with Gasteiger partial charge < -0.3 is 4.84 Å². The van der Waals surface area contributed by atoms with Crippen molar-refractivity contribution in [1.82, 2.24) is 4.98 Å². The third kappa shape index (κ3) is 2.72. The summed E-state index contributed by atoms with van der Waals surface area (Å²) in [7, 11) is 0. The van der Waals surface area contributed by atoms with Crippen molar-refractivity contribution in [3.63, 3.8) is 0 Å². The van der Waals surface area contributed by atoms with Gasteiger partial charge in [0.1, 0.15) is 22.1 Å². The van der Waals surface area contributed by atoms with Crippen molar-refractivity contribution < 1.29 is 18.0 Å². The van der Waals surface area contributed by atoms with Crippen LogP contribution in [0.15, 0.2) is 29.6 Å². The first-order valence-electron chi connectivity index (χ1n) is 6.45. The molecule has 1 aliphatic heterocycles. The van der Waals surface area contributed by atoms with E-state index >= 15 is 0 Å². The van der Waals surface area contributed by atoms with Gasteiger partial charge in [-0.25, -0.2) is 13.2 Å². The highest BCUT2D eigenvalue weighted by molar-refractivity contribution is 9.18. The summed E-state index contributed by atoms with van der Waals surface area (Å²) in [6.07, 6.45) is 1.44. The number of oxime groups is 1. The molecule has 1 unspecified atom stereocenters. The number of hydrogen-bond acceptors (Lipinski definition) is 3. The fraction of sp³-hybridized carbons (Fsp3) is 0.200. The van der Waals surface area contributed by atoms with Crippen molar-refractivity contribution in [2.24, 2.45) is 5.16 Å². The molecular weight excluding hydrogens is 361 g/mol. The van der Waals surface area contributed by atoms with Crippen LogP contribution in [0.1, 0.15) is 23.8 Å². The molecule has 0 amide bonds. The minimum atomic E-state index is -0.982. The molecule has 3 rings (SSSR count). The molecule has 0 saturated heterocycles. The van der Waals surface area contributed by atoms with E-state index in [4.69, 9.17) is 4.84 Å². The van der Waals surface area contributed by atoms with Crippen LogP contribution in [0, 0.1) is 24.4 Å². The maximum atomic E-state index is 14.1. The standard InChI is InChI=1S/C15H10BrF3N2O/c1-7-2-9(14-10(18)3-8(17)4-11(14)19)15(20-6-7)12-5-13(16)21-22-12/h2-4,6,12H,5H2,1H3. The van der Waals surface area contributed by atoms with Crippen molar-refractivity contribution in [2.45, 2.75) is 19.4 Å². The van der Waals surface area contributed by atoms with Gasteiger partial charge in [0.05, 0.1) is 11.3 Å². The van der Waals surface area contributed by atoms with Crippen LogP contribution in [0.2, 0.25) is 0 Å². The van der Waals surface area contributed by atoms with Gasteiger partial charge in [0.25, 0.3) is 0 Å². The molecular formula is C15H10BrF3N2O. The van der Waals surface area contributed by atoms with Crippen LogP contribution in [0.3, 0.4) is 0 Å². The van der Waals surface area contributed by atoms with Gasteiger partial charge in [0, 0.05) is 30.3 Å². The molecule has 2 aromatic rings. The quantitative estimate of drug-likeness (QED) is 0.771. The van der Waals surface area contributed by atoms with Crippen molar-refractivity contribution in [1.29, 1.82) is 0 Å². The SMILES string of the molecule is Cc1cnc(C2CC(Br)=NO2)c(-c2c(F)cc(F)cc2F)c1. The summed E-state index contributed by atoms with van der Waals surface area (Å²) in [5.74, 6) is -2.93. The molecule has 0 saturated carbocycles. The highest BCUT2D eigenvalue weighted by Gasteiger charge is 2.28. The number of aryl methyl sites for hydroxylation is 1. The molecule has 0 bridgehead atoms. The van der Waals surface area contributed by atoms with E-state index in [0.717, 1.165) is 5.56 Å². The van der Waals surface area contributed by atoms with Gasteiger partial charge in [-0.05, 0) is 34.5 Å². The number of pyridine rings is 1. The van der Waals surface area contributed by atoms with E-state index in [-0.39, 0.29) is 11.1 Å². The van der Waals surface area contributed by atoms with Crippen LogP contribution in [-0.4, -0.2) is 9.60 Å². The van der Waals surface area contributed by atoms with Crippen LogP contribution in [0.4, 0.5) is 13.2 Å². The first kappa shape index (κ1) is 15.0. The van der Waals surface area contributed by atoms with Gasteiger partial charge in [0.15, 0.2) is 6.10 Å². The minimum absolute atomic E-state index is 0.234. The van der Waals surface area contributed by atoms with E-state index in [2.05, 4.69) is 26.1 Å².